The highest BCUT2D eigenvalue weighted by Gasteiger charge is 2.36. The zero-order chi connectivity index (χ0) is 11.7. The van der Waals surface area contributed by atoms with Gasteiger partial charge >= 0.3 is 0 Å². The average molecular weight is 236 g/mol. The van der Waals surface area contributed by atoms with Crippen LogP contribution in [0.3, 0.4) is 0 Å². The molecule has 1 aromatic heterocycles. The fourth-order valence-electron chi connectivity index (χ4n) is 3.19. The number of aromatic amines is 1. The van der Waals surface area contributed by atoms with Crippen molar-refractivity contribution in [1.29, 1.82) is 0 Å². The summed E-state index contributed by atoms with van der Waals surface area (Å²) in [5.41, 5.74) is 0. The molecule has 2 aliphatic heterocycles. The Kier molecular flexibility index (Phi) is 3.07. The summed E-state index contributed by atoms with van der Waals surface area (Å²) in [4.78, 5) is 2.63. The van der Waals surface area contributed by atoms with Gasteiger partial charge in [0.2, 0.25) is 0 Å². The van der Waals surface area contributed by atoms with Crippen LogP contribution in [-0.4, -0.2) is 50.7 Å². The number of rotatable bonds is 3. The van der Waals surface area contributed by atoms with Crippen molar-refractivity contribution in [2.75, 3.05) is 13.1 Å². The molecule has 0 bridgehead atoms. The van der Waals surface area contributed by atoms with E-state index in [-0.39, 0.29) is 6.04 Å². The first-order valence-electron chi connectivity index (χ1n) is 6.58. The molecule has 6 heteroatoms. The largest absolute Gasteiger partial charge is 0.303 e. The van der Waals surface area contributed by atoms with E-state index in [0.717, 1.165) is 11.9 Å². The Morgan fingerprint density at radius 3 is 3.12 bits per heavy atom. The number of aromatic nitrogens is 4. The van der Waals surface area contributed by atoms with Crippen molar-refractivity contribution in [3.63, 3.8) is 0 Å². The quantitative estimate of drug-likeness (QED) is 0.798. The number of nitrogens with one attached hydrogen (secondary N) is 2. The summed E-state index contributed by atoms with van der Waals surface area (Å²) < 4.78 is 0. The normalized spacial score (nSPS) is 31.4. The minimum atomic E-state index is 0.181. The van der Waals surface area contributed by atoms with E-state index >= 15 is 0 Å². The maximum Gasteiger partial charge on any atom is 0.191 e. The molecular formula is C11H20N6. The summed E-state index contributed by atoms with van der Waals surface area (Å²) in [6, 6.07) is 1.49. The number of H-pyrrole nitrogens is 1. The highest BCUT2D eigenvalue weighted by Crippen LogP contribution is 2.28. The van der Waals surface area contributed by atoms with Gasteiger partial charge in [0.15, 0.2) is 5.82 Å². The summed E-state index contributed by atoms with van der Waals surface area (Å²) in [6.45, 7) is 4.62. The molecule has 0 spiro atoms. The SMILES string of the molecule is CC(NC1CCN2CCCCC12)c1nn[nH]n1. The zero-order valence-electron chi connectivity index (χ0n) is 10.3. The summed E-state index contributed by atoms with van der Waals surface area (Å²) in [5, 5.41) is 17.9. The number of nitrogens with zero attached hydrogens (tertiary/aromatic N) is 4. The molecule has 2 fully saturated rings. The van der Waals surface area contributed by atoms with E-state index < -0.39 is 0 Å². The van der Waals surface area contributed by atoms with Crippen molar-refractivity contribution in [2.45, 2.75) is 50.7 Å². The Balaban J connectivity index is 1.62. The topological polar surface area (TPSA) is 69.7 Å². The highest BCUT2D eigenvalue weighted by molar-refractivity contribution is 4.97. The lowest BCUT2D eigenvalue weighted by Gasteiger charge is -2.33. The Bertz CT molecular complexity index is 351. The first-order valence-corrected chi connectivity index (χ1v) is 6.58. The third-order valence-corrected chi connectivity index (χ3v) is 4.07. The first kappa shape index (κ1) is 11.1. The van der Waals surface area contributed by atoms with Crippen LogP contribution in [0.15, 0.2) is 0 Å². The fourth-order valence-corrected chi connectivity index (χ4v) is 3.19. The van der Waals surface area contributed by atoms with Crippen molar-refractivity contribution in [2.24, 2.45) is 0 Å². The second kappa shape index (κ2) is 4.70. The van der Waals surface area contributed by atoms with E-state index in [1.807, 2.05) is 0 Å². The second-order valence-corrected chi connectivity index (χ2v) is 5.15. The van der Waals surface area contributed by atoms with Gasteiger partial charge in [-0.15, -0.1) is 10.2 Å². The van der Waals surface area contributed by atoms with Gasteiger partial charge in [0, 0.05) is 18.6 Å². The Morgan fingerprint density at radius 1 is 1.35 bits per heavy atom. The van der Waals surface area contributed by atoms with Crippen LogP contribution in [0, 0.1) is 0 Å². The number of hydrogen-bond acceptors (Lipinski definition) is 5. The van der Waals surface area contributed by atoms with Crippen molar-refractivity contribution < 1.29 is 0 Å². The van der Waals surface area contributed by atoms with Crippen molar-refractivity contribution >= 4 is 0 Å². The summed E-state index contributed by atoms with van der Waals surface area (Å²) in [5.74, 6) is 0.763. The number of hydrogen-bond donors (Lipinski definition) is 2. The van der Waals surface area contributed by atoms with Gasteiger partial charge in [-0.2, -0.15) is 5.21 Å². The molecule has 3 atom stereocenters. The highest BCUT2D eigenvalue weighted by atomic mass is 15.5. The van der Waals surface area contributed by atoms with Crippen LogP contribution in [0.25, 0.3) is 0 Å². The van der Waals surface area contributed by atoms with Gasteiger partial charge in [-0.05, 0) is 32.7 Å². The lowest BCUT2D eigenvalue weighted by atomic mass is 9.98. The lowest BCUT2D eigenvalue weighted by molar-refractivity contribution is 0.177. The van der Waals surface area contributed by atoms with Gasteiger partial charge in [-0.3, -0.25) is 4.90 Å². The van der Waals surface area contributed by atoms with E-state index in [9.17, 15) is 0 Å². The molecule has 2 aliphatic rings. The first-order chi connectivity index (χ1) is 8.34. The molecule has 0 radical (unpaired) electrons. The lowest BCUT2D eigenvalue weighted by Crippen LogP contribution is -2.45. The van der Waals surface area contributed by atoms with E-state index in [4.69, 9.17) is 0 Å². The monoisotopic (exact) mass is 236 g/mol. The molecule has 0 aliphatic carbocycles. The van der Waals surface area contributed by atoms with Crippen LogP contribution >= 0.6 is 0 Å². The molecule has 6 nitrogen and oxygen atoms in total. The van der Waals surface area contributed by atoms with Crippen molar-refractivity contribution in [1.82, 2.24) is 30.8 Å². The molecule has 2 saturated heterocycles. The van der Waals surface area contributed by atoms with E-state index in [1.165, 1.54) is 38.8 Å². The average Bonchev–Trinajstić information content (AvgIpc) is 2.98. The van der Waals surface area contributed by atoms with Gasteiger partial charge in [0.05, 0.1) is 6.04 Å². The molecule has 2 N–H and O–H groups in total. The third-order valence-electron chi connectivity index (χ3n) is 4.07. The van der Waals surface area contributed by atoms with E-state index in [0.29, 0.717) is 6.04 Å². The molecule has 0 amide bonds. The van der Waals surface area contributed by atoms with Crippen LogP contribution in [0.2, 0.25) is 0 Å². The maximum atomic E-state index is 4.04. The Labute approximate surface area is 101 Å². The third kappa shape index (κ3) is 2.19. The molecule has 3 rings (SSSR count). The summed E-state index contributed by atoms with van der Waals surface area (Å²) >= 11 is 0. The smallest absolute Gasteiger partial charge is 0.191 e. The molecule has 3 heterocycles. The molecule has 0 saturated carbocycles. The molecule has 1 aromatic rings. The standard InChI is InChI=1S/C11H20N6/c1-8(11-13-15-16-14-11)12-9-5-7-17-6-3-2-4-10(9)17/h8-10,12H,2-7H2,1H3,(H,13,14,15,16). The van der Waals surface area contributed by atoms with Crippen LogP contribution in [0.5, 0.6) is 0 Å². The van der Waals surface area contributed by atoms with Gasteiger partial charge in [0.25, 0.3) is 0 Å². The van der Waals surface area contributed by atoms with Crippen LogP contribution in [0.4, 0.5) is 0 Å². The van der Waals surface area contributed by atoms with Gasteiger partial charge < -0.3 is 5.32 Å². The second-order valence-electron chi connectivity index (χ2n) is 5.15. The zero-order valence-corrected chi connectivity index (χ0v) is 10.3. The molecule has 3 unspecified atom stereocenters. The minimum absolute atomic E-state index is 0.181. The predicted molar refractivity (Wildman–Crippen MR) is 63.3 cm³/mol. The predicted octanol–water partition coefficient (Wildman–Crippen LogP) is 0.477. The summed E-state index contributed by atoms with van der Waals surface area (Å²) in [7, 11) is 0. The fraction of sp³-hybridized carbons (Fsp3) is 0.909. The molecule has 94 valence electrons. The van der Waals surface area contributed by atoms with Gasteiger partial charge in [-0.25, -0.2) is 0 Å². The van der Waals surface area contributed by atoms with Crippen molar-refractivity contribution in [3.05, 3.63) is 5.82 Å². The van der Waals surface area contributed by atoms with Crippen molar-refractivity contribution in [3.8, 4) is 0 Å². The van der Waals surface area contributed by atoms with Crippen LogP contribution in [-0.2, 0) is 0 Å². The minimum Gasteiger partial charge on any atom is -0.303 e. The Hall–Kier alpha value is -1.01. The van der Waals surface area contributed by atoms with Crippen LogP contribution in [0.1, 0.15) is 44.5 Å². The summed E-state index contributed by atoms with van der Waals surface area (Å²) in [6.07, 6.45) is 5.31. The number of tetrazole rings is 1. The maximum absolute atomic E-state index is 4.04. The molecule has 0 aromatic carbocycles. The molecule has 17 heavy (non-hydrogen) atoms. The number of fused-ring (bicyclic) bond motifs is 1. The number of piperidine rings is 1. The van der Waals surface area contributed by atoms with Crippen LogP contribution < -0.4 is 5.32 Å². The van der Waals surface area contributed by atoms with E-state index in [2.05, 4.69) is 37.8 Å². The Morgan fingerprint density at radius 2 is 2.29 bits per heavy atom. The van der Waals surface area contributed by atoms with Gasteiger partial charge in [-0.1, -0.05) is 11.6 Å². The molecular weight excluding hydrogens is 216 g/mol. The van der Waals surface area contributed by atoms with Gasteiger partial charge in [0.1, 0.15) is 0 Å². The van der Waals surface area contributed by atoms with E-state index in [1.54, 1.807) is 0 Å².